The Labute approximate surface area is 106 Å². The molecule has 0 bridgehead atoms. The van der Waals surface area contributed by atoms with Crippen molar-refractivity contribution in [3.05, 3.63) is 38.8 Å². The fraction of sp³-hybridized carbons (Fsp3) is 0.200. The number of nitrogens with two attached hydrogens (primary N) is 1. The summed E-state index contributed by atoms with van der Waals surface area (Å²) in [6, 6.07) is 3.90. The molecule has 0 atom stereocenters. The lowest BCUT2D eigenvalue weighted by Gasteiger charge is -2.05. The van der Waals surface area contributed by atoms with Crippen molar-refractivity contribution in [3.8, 4) is 5.88 Å². The Morgan fingerprint density at radius 1 is 1.50 bits per heavy atom. The van der Waals surface area contributed by atoms with E-state index in [0.717, 1.165) is 11.2 Å². The van der Waals surface area contributed by atoms with Gasteiger partial charge >= 0.3 is 5.69 Å². The number of rotatable bonds is 5. The summed E-state index contributed by atoms with van der Waals surface area (Å²) in [5.74, 6) is -0.287. The summed E-state index contributed by atoms with van der Waals surface area (Å²) in [5, 5.41) is 12.8. The Kier molecular flexibility index (Phi) is 3.68. The van der Waals surface area contributed by atoms with E-state index in [1.165, 1.54) is 0 Å². The van der Waals surface area contributed by atoms with Crippen LogP contribution in [0, 0.1) is 10.1 Å². The second-order valence-electron chi connectivity index (χ2n) is 3.35. The van der Waals surface area contributed by atoms with E-state index >= 15 is 0 Å². The minimum atomic E-state index is -0.643. The van der Waals surface area contributed by atoms with Gasteiger partial charge in [-0.05, 0) is 11.4 Å². The Hall–Kier alpha value is -2.22. The molecule has 18 heavy (non-hydrogen) atoms. The van der Waals surface area contributed by atoms with E-state index in [2.05, 4.69) is 9.97 Å². The molecule has 2 heterocycles. The average molecular weight is 266 g/mol. The second kappa shape index (κ2) is 5.41. The standard InChI is InChI=1S/C10H10N4O3S/c11-9-8(14(15)16)10(13-6-12-9)17-4-3-7-2-1-5-18-7/h1-2,5-6H,3-4H2,(H2,11,12,13). The highest BCUT2D eigenvalue weighted by atomic mass is 32.1. The third-order valence-corrected chi connectivity index (χ3v) is 3.10. The van der Waals surface area contributed by atoms with Gasteiger partial charge < -0.3 is 10.5 Å². The van der Waals surface area contributed by atoms with Crippen molar-refractivity contribution in [3.63, 3.8) is 0 Å². The lowest BCUT2D eigenvalue weighted by atomic mass is 10.4. The lowest BCUT2D eigenvalue weighted by Crippen LogP contribution is -2.07. The highest BCUT2D eigenvalue weighted by Gasteiger charge is 2.22. The Balaban J connectivity index is 2.05. The number of thiophene rings is 1. The highest BCUT2D eigenvalue weighted by molar-refractivity contribution is 7.09. The summed E-state index contributed by atoms with van der Waals surface area (Å²) < 4.78 is 5.29. The van der Waals surface area contributed by atoms with Gasteiger partial charge in [-0.3, -0.25) is 10.1 Å². The minimum absolute atomic E-state index is 0.0935. The first-order chi connectivity index (χ1) is 8.68. The predicted molar refractivity (Wildman–Crippen MR) is 66.6 cm³/mol. The van der Waals surface area contributed by atoms with Crippen LogP contribution in [-0.4, -0.2) is 21.5 Å². The van der Waals surface area contributed by atoms with Crippen molar-refractivity contribution in [2.75, 3.05) is 12.3 Å². The van der Waals surface area contributed by atoms with Crippen LogP contribution in [0.4, 0.5) is 11.5 Å². The van der Waals surface area contributed by atoms with Crippen LogP contribution < -0.4 is 10.5 Å². The first kappa shape index (κ1) is 12.2. The minimum Gasteiger partial charge on any atom is -0.472 e. The molecule has 0 aromatic carbocycles. The van der Waals surface area contributed by atoms with Gasteiger partial charge in [0, 0.05) is 11.3 Å². The Morgan fingerprint density at radius 3 is 3.00 bits per heavy atom. The zero-order valence-electron chi connectivity index (χ0n) is 9.28. The number of anilines is 1. The van der Waals surface area contributed by atoms with Crippen molar-refractivity contribution in [2.24, 2.45) is 0 Å². The van der Waals surface area contributed by atoms with Crippen LogP contribution in [0.25, 0.3) is 0 Å². The van der Waals surface area contributed by atoms with Gasteiger partial charge in [-0.25, -0.2) is 4.98 Å². The monoisotopic (exact) mass is 266 g/mol. The van der Waals surface area contributed by atoms with E-state index in [0.29, 0.717) is 13.0 Å². The SMILES string of the molecule is Nc1ncnc(OCCc2cccs2)c1[N+](=O)[O-]. The predicted octanol–water partition coefficient (Wildman–Crippen LogP) is 1.65. The molecule has 0 aliphatic carbocycles. The van der Waals surface area contributed by atoms with Gasteiger partial charge in [-0.2, -0.15) is 4.98 Å². The molecule has 2 aromatic heterocycles. The molecular weight excluding hydrogens is 256 g/mol. The topological polar surface area (TPSA) is 104 Å². The molecule has 0 spiro atoms. The first-order valence-electron chi connectivity index (χ1n) is 5.08. The van der Waals surface area contributed by atoms with E-state index in [-0.39, 0.29) is 17.4 Å². The van der Waals surface area contributed by atoms with Crippen LogP contribution in [0.3, 0.4) is 0 Å². The maximum Gasteiger partial charge on any atom is 0.372 e. The summed E-state index contributed by atoms with van der Waals surface area (Å²) in [5.41, 5.74) is 5.03. The van der Waals surface area contributed by atoms with E-state index in [1.807, 2.05) is 17.5 Å². The number of nitro groups is 1. The van der Waals surface area contributed by atoms with Crippen LogP contribution in [0.15, 0.2) is 23.8 Å². The molecule has 2 aromatic rings. The Morgan fingerprint density at radius 2 is 2.33 bits per heavy atom. The molecule has 0 saturated heterocycles. The van der Waals surface area contributed by atoms with Crippen molar-refractivity contribution in [1.82, 2.24) is 9.97 Å². The molecule has 0 saturated carbocycles. The third-order valence-electron chi connectivity index (χ3n) is 2.17. The van der Waals surface area contributed by atoms with Crippen molar-refractivity contribution >= 4 is 22.8 Å². The van der Waals surface area contributed by atoms with Crippen molar-refractivity contribution < 1.29 is 9.66 Å². The number of ether oxygens (including phenoxy) is 1. The fourth-order valence-electron chi connectivity index (χ4n) is 1.36. The summed E-state index contributed by atoms with van der Waals surface area (Å²) in [6.07, 6.45) is 1.81. The van der Waals surface area contributed by atoms with Crippen LogP contribution in [0.1, 0.15) is 4.88 Å². The molecule has 94 valence electrons. The molecule has 2 N–H and O–H groups in total. The van der Waals surface area contributed by atoms with Gasteiger partial charge in [0.05, 0.1) is 11.5 Å². The maximum atomic E-state index is 10.8. The molecule has 0 unspecified atom stereocenters. The normalized spacial score (nSPS) is 10.2. The van der Waals surface area contributed by atoms with E-state index in [1.54, 1.807) is 11.3 Å². The number of nitrogen functional groups attached to an aromatic ring is 1. The lowest BCUT2D eigenvalue weighted by molar-refractivity contribution is -0.385. The Bertz CT molecular complexity index is 544. The quantitative estimate of drug-likeness (QED) is 0.651. The summed E-state index contributed by atoms with van der Waals surface area (Å²) in [4.78, 5) is 18.6. The van der Waals surface area contributed by atoms with E-state index in [9.17, 15) is 10.1 Å². The number of aromatic nitrogens is 2. The summed E-state index contributed by atoms with van der Waals surface area (Å²) in [7, 11) is 0. The zero-order chi connectivity index (χ0) is 13.0. The van der Waals surface area contributed by atoms with E-state index < -0.39 is 4.92 Å². The molecule has 0 radical (unpaired) electrons. The van der Waals surface area contributed by atoms with Crippen molar-refractivity contribution in [1.29, 1.82) is 0 Å². The van der Waals surface area contributed by atoms with Gasteiger partial charge in [-0.15, -0.1) is 11.3 Å². The first-order valence-corrected chi connectivity index (χ1v) is 5.96. The number of hydrogen-bond acceptors (Lipinski definition) is 7. The summed E-state index contributed by atoms with van der Waals surface area (Å²) in [6.45, 7) is 0.303. The smallest absolute Gasteiger partial charge is 0.372 e. The van der Waals surface area contributed by atoms with Gasteiger partial charge in [0.1, 0.15) is 6.33 Å². The van der Waals surface area contributed by atoms with Gasteiger partial charge in [0.2, 0.25) is 5.82 Å². The zero-order valence-corrected chi connectivity index (χ0v) is 10.1. The largest absolute Gasteiger partial charge is 0.472 e. The molecular formula is C10H10N4O3S. The second-order valence-corrected chi connectivity index (χ2v) is 4.38. The molecule has 0 amide bonds. The highest BCUT2D eigenvalue weighted by Crippen LogP contribution is 2.28. The third kappa shape index (κ3) is 2.72. The number of nitrogens with zero attached hydrogens (tertiary/aromatic N) is 3. The van der Waals surface area contributed by atoms with Crippen LogP contribution in [0.5, 0.6) is 5.88 Å². The van der Waals surface area contributed by atoms with Gasteiger partial charge in [-0.1, -0.05) is 6.07 Å². The van der Waals surface area contributed by atoms with Crippen LogP contribution >= 0.6 is 11.3 Å². The fourth-order valence-corrected chi connectivity index (χ4v) is 2.05. The maximum absolute atomic E-state index is 10.8. The van der Waals surface area contributed by atoms with Crippen molar-refractivity contribution in [2.45, 2.75) is 6.42 Å². The molecule has 0 aliphatic rings. The van der Waals surface area contributed by atoms with E-state index in [4.69, 9.17) is 10.5 Å². The molecule has 8 heteroatoms. The number of hydrogen-bond donors (Lipinski definition) is 1. The average Bonchev–Trinajstić information content (AvgIpc) is 2.81. The molecule has 7 nitrogen and oxygen atoms in total. The van der Waals surface area contributed by atoms with Crippen LogP contribution in [-0.2, 0) is 6.42 Å². The molecule has 0 aliphatic heterocycles. The molecule has 2 rings (SSSR count). The van der Waals surface area contributed by atoms with Crippen LogP contribution in [0.2, 0.25) is 0 Å². The summed E-state index contributed by atoms with van der Waals surface area (Å²) >= 11 is 1.60. The molecule has 0 fully saturated rings. The van der Waals surface area contributed by atoms with Gasteiger partial charge in [0.15, 0.2) is 0 Å². The van der Waals surface area contributed by atoms with Gasteiger partial charge in [0.25, 0.3) is 5.88 Å².